The number of hydrogen-bond acceptors (Lipinski definition) is 2. The highest BCUT2D eigenvalue weighted by Crippen LogP contribution is 2.17. The lowest BCUT2D eigenvalue weighted by atomic mass is 10.1. The van der Waals surface area contributed by atoms with Gasteiger partial charge in [0, 0.05) is 10.9 Å². The van der Waals surface area contributed by atoms with Crippen molar-refractivity contribution in [1.82, 2.24) is 0 Å². The molecule has 0 radical (unpaired) electrons. The van der Waals surface area contributed by atoms with Crippen LogP contribution in [0.25, 0.3) is 0 Å². The number of carbonyl (C=O) groups excluding carboxylic acids is 1. The van der Waals surface area contributed by atoms with Gasteiger partial charge < -0.3 is 0 Å². The summed E-state index contributed by atoms with van der Waals surface area (Å²) in [5, 5.41) is 0. The number of rotatable bonds is 3. The van der Waals surface area contributed by atoms with Crippen LogP contribution in [0.2, 0.25) is 0 Å². The van der Waals surface area contributed by atoms with E-state index in [0.29, 0.717) is 10.2 Å². The van der Waals surface area contributed by atoms with E-state index >= 15 is 0 Å². The van der Waals surface area contributed by atoms with Gasteiger partial charge in [-0.15, -0.1) is 0 Å². The van der Waals surface area contributed by atoms with Gasteiger partial charge >= 0.3 is 0 Å². The lowest BCUT2D eigenvalue weighted by molar-refractivity contribution is 0.0985. The van der Waals surface area contributed by atoms with Crippen molar-refractivity contribution in [3.63, 3.8) is 0 Å². The van der Waals surface area contributed by atoms with E-state index in [1.807, 2.05) is 0 Å². The Kier molecular flexibility index (Phi) is 3.93. The van der Waals surface area contributed by atoms with Crippen LogP contribution in [0.5, 0.6) is 0 Å². The number of benzene rings is 1. The number of hydrogen-bond donors (Lipinski definition) is 1. The van der Waals surface area contributed by atoms with Crippen LogP contribution in [-0.2, 0) is 0 Å². The van der Waals surface area contributed by atoms with E-state index in [2.05, 4.69) is 28.6 Å². The Bertz CT molecular complexity index is 327. The van der Waals surface area contributed by atoms with Crippen LogP contribution in [0.1, 0.15) is 16.8 Å². The van der Waals surface area contributed by atoms with Crippen molar-refractivity contribution in [2.75, 3.05) is 5.75 Å². The van der Waals surface area contributed by atoms with Crippen LogP contribution >= 0.6 is 28.6 Å². The second-order valence-electron chi connectivity index (χ2n) is 2.52. The van der Waals surface area contributed by atoms with Gasteiger partial charge in [-0.2, -0.15) is 12.6 Å². The molecule has 0 aromatic heterocycles. The van der Waals surface area contributed by atoms with Gasteiger partial charge in [0.05, 0.1) is 5.56 Å². The second-order valence-corrected chi connectivity index (χ2v) is 3.88. The Hall–Kier alpha value is -0.350. The number of Topliss-reactive ketones (excluding diaryl/α,β-unsaturated/α-hetero) is 1. The highest BCUT2D eigenvalue weighted by Gasteiger charge is 2.10. The molecule has 0 saturated carbocycles. The monoisotopic (exact) mass is 262 g/mol. The summed E-state index contributed by atoms with van der Waals surface area (Å²) in [6, 6.07) is 4.32. The first-order chi connectivity index (χ1) is 6.15. The molecule has 0 spiro atoms. The van der Waals surface area contributed by atoms with Gasteiger partial charge in [0.2, 0.25) is 0 Å². The maximum absolute atomic E-state index is 13.1. The molecule has 70 valence electrons. The van der Waals surface area contributed by atoms with E-state index in [4.69, 9.17) is 0 Å². The normalized spacial score (nSPS) is 10.1. The van der Waals surface area contributed by atoms with Crippen molar-refractivity contribution in [2.24, 2.45) is 0 Å². The third kappa shape index (κ3) is 2.81. The molecule has 0 unspecified atom stereocenters. The largest absolute Gasteiger partial charge is 0.294 e. The molecule has 1 nitrogen and oxygen atoms in total. The minimum atomic E-state index is -0.477. The van der Waals surface area contributed by atoms with Crippen molar-refractivity contribution in [2.45, 2.75) is 6.42 Å². The SMILES string of the molecule is O=C(CCS)c1cc(Br)ccc1F. The summed E-state index contributed by atoms with van der Waals surface area (Å²) in [7, 11) is 0. The van der Waals surface area contributed by atoms with E-state index in [-0.39, 0.29) is 17.8 Å². The molecule has 0 aliphatic rings. The van der Waals surface area contributed by atoms with E-state index < -0.39 is 5.82 Å². The van der Waals surface area contributed by atoms with Crippen LogP contribution in [0.4, 0.5) is 4.39 Å². The highest BCUT2D eigenvalue weighted by molar-refractivity contribution is 9.10. The van der Waals surface area contributed by atoms with Crippen molar-refractivity contribution in [1.29, 1.82) is 0 Å². The van der Waals surface area contributed by atoms with Crippen molar-refractivity contribution >= 4 is 34.3 Å². The molecule has 0 heterocycles. The summed E-state index contributed by atoms with van der Waals surface area (Å²) in [6.45, 7) is 0. The van der Waals surface area contributed by atoms with Gasteiger partial charge in [-0.3, -0.25) is 4.79 Å². The summed E-state index contributed by atoms with van der Waals surface area (Å²) < 4.78 is 13.8. The van der Waals surface area contributed by atoms with Crippen LogP contribution < -0.4 is 0 Å². The average Bonchev–Trinajstić information content (AvgIpc) is 2.09. The standard InChI is InChI=1S/C9H8BrFOS/c10-6-1-2-8(11)7(5-6)9(12)3-4-13/h1-2,5,13H,3-4H2. The molecule has 0 amide bonds. The topological polar surface area (TPSA) is 17.1 Å². The molecular formula is C9H8BrFOS. The lowest BCUT2D eigenvalue weighted by Gasteiger charge is -2.01. The van der Waals surface area contributed by atoms with Gasteiger partial charge in [0.15, 0.2) is 5.78 Å². The minimum Gasteiger partial charge on any atom is -0.294 e. The molecule has 1 rings (SSSR count). The number of ketones is 1. The molecule has 1 aromatic carbocycles. The van der Waals surface area contributed by atoms with E-state index in [9.17, 15) is 9.18 Å². The number of thiol groups is 1. The van der Waals surface area contributed by atoms with Gasteiger partial charge in [-0.1, -0.05) is 15.9 Å². The summed E-state index contributed by atoms with van der Waals surface area (Å²) in [5.74, 6) is -0.256. The van der Waals surface area contributed by atoms with Crippen LogP contribution in [0.3, 0.4) is 0 Å². The molecule has 13 heavy (non-hydrogen) atoms. The zero-order valence-electron chi connectivity index (χ0n) is 6.76. The third-order valence-electron chi connectivity index (χ3n) is 1.57. The second kappa shape index (κ2) is 4.77. The predicted molar refractivity (Wildman–Crippen MR) is 56.9 cm³/mol. The van der Waals surface area contributed by atoms with E-state index in [1.165, 1.54) is 12.1 Å². The van der Waals surface area contributed by atoms with Gasteiger partial charge in [0.1, 0.15) is 5.82 Å². The van der Waals surface area contributed by atoms with Gasteiger partial charge in [0.25, 0.3) is 0 Å². The lowest BCUT2D eigenvalue weighted by Crippen LogP contribution is -2.02. The molecular weight excluding hydrogens is 255 g/mol. The molecule has 0 aliphatic carbocycles. The Morgan fingerprint density at radius 1 is 1.54 bits per heavy atom. The Morgan fingerprint density at radius 3 is 2.85 bits per heavy atom. The molecule has 1 aromatic rings. The van der Waals surface area contributed by atoms with E-state index in [1.54, 1.807) is 6.07 Å². The van der Waals surface area contributed by atoms with Crippen molar-refractivity contribution in [3.05, 3.63) is 34.1 Å². The quantitative estimate of drug-likeness (QED) is 0.655. The average molecular weight is 263 g/mol. The zero-order valence-corrected chi connectivity index (χ0v) is 9.24. The molecule has 0 aliphatic heterocycles. The highest BCUT2D eigenvalue weighted by atomic mass is 79.9. The number of carbonyl (C=O) groups is 1. The zero-order chi connectivity index (χ0) is 9.84. The molecule has 0 saturated heterocycles. The first-order valence-corrected chi connectivity index (χ1v) is 5.17. The Morgan fingerprint density at radius 2 is 2.23 bits per heavy atom. The molecule has 0 N–H and O–H groups in total. The first-order valence-electron chi connectivity index (χ1n) is 3.74. The predicted octanol–water partition coefficient (Wildman–Crippen LogP) is 3.09. The minimum absolute atomic E-state index is 0.128. The fraction of sp³-hybridized carbons (Fsp3) is 0.222. The smallest absolute Gasteiger partial charge is 0.166 e. The van der Waals surface area contributed by atoms with E-state index in [0.717, 1.165) is 0 Å². The van der Waals surface area contributed by atoms with Crippen LogP contribution in [0, 0.1) is 5.82 Å². The van der Waals surface area contributed by atoms with Crippen molar-refractivity contribution < 1.29 is 9.18 Å². The van der Waals surface area contributed by atoms with Gasteiger partial charge in [-0.25, -0.2) is 4.39 Å². The maximum atomic E-state index is 13.1. The third-order valence-corrected chi connectivity index (χ3v) is 2.28. The summed E-state index contributed by atoms with van der Waals surface area (Å²) >= 11 is 7.09. The molecule has 0 atom stereocenters. The summed E-state index contributed by atoms with van der Waals surface area (Å²) in [5.41, 5.74) is 0.128. The fourth-order valence-corrected chi connectivity index (χ4v) is 1.51. The molecule has 0 fully saturated rings. The first kappa shape index (κ1) is 10.7. The number of halogens is 2. The molecule has 0 bridgehead atoms. The van der Waals surface area contributed by atoms with Crippen LogP contribution in [-0.4, -0.2) is 11.5 Å². The van der Waals surface area contributed by atoms with Crippen molar-refractivity contribution in [3.8, 4) is 0 Å². The Balaban J connectivity index is 2.99. The molecule has 4 heteroatoms. The van der Waals surface area contributed by atoms with Gasteiger partial charge in [-0.05, 0) is 24.0 Å². The summed E-state index contributed by atoms with van der Waals surface area (Å²) in [4.78, 5) is 11.3. The Labute approximate surface area is 89.9 Å². The fourth-order valence-electron chi connectivity index (χ4n) is 0.947. The maximum Gasteiger partial charge on any atom is 0.166 e. The van der Waals surface area contributed by atoms with Crippen LogP contribution in [0.15, 0.2) is 22.7 Å². The summed E-state index contributed by atoms with van der Waals surface area (Å²) in [6.07, 6.45) is 0.260.